The number of aromatic nitrogens is 1. The first-order valence-corrected chi connectivity index (χ1v) is 6.66. The third-order valence-electron chi connectivity index (χ3n) is 3.64. The summed E-state index contributed by atoms with van der Waals surface area (Å²) in [5.74, 6) is 0. The Labute approximate surface area is 106 Å². The summed E-state index contributed by atoms with van der Waals surface area (Å²) >= 11 is 0. The molecule has 1 saturated heterocycles. The highest BCUT2D eigenvalue weighted by molar-refractivity contribution is 5.78. The highest BCUT2D eigenvalue weighted by atomic mass is 16.1. The Hall–Kier alpha value is -1.61. The van der Waals surface area contributed by atoms with E-state index in [4.69, 9.17) is 0 Å². The first-order valence-electron chi connectivity index (χ1n) is 6.66. The summed E-state index contributed by atoms with van der Waals surface area (Å²) in [5, 5.41) is 1.11. The number of pyridine rings is 1. The molecule has 0 radical (unpaired) electrons. The minimum atomic E-state index is -0.0359. The molecule has 94 valence electrons. The minimum Gasteiger partial charge on any atom is -0.322 e. The highest BCUT2D eigenvalue weighted by Gasteiger charge is 2.10. The molecule has 1 fully saturated rings. The normalized spacial score (nSPS) is 17.1. The van der Waals surface area contributed by atoms with Crippen molar-refractivity contribution >= 4 is 10.9 Å². The molecule has 0 bridgehead atoms. The second-order valence-electron chi connectivity index (χ2n) is 5.08. The number of hydrogen-bond acceptors (Lipinski definition) is 2. The molecule has 1 N–H and O–H groups in total. The lowest BCUT2D eigenvalue weighted by molar-refractivity contribution is 0.221. The number of nitrogens with zero attached hydrogens (tertiary/aromatic N) is 1. The van der Waals surface area contributed by atoms with Crippen LogP contribution in [0.3, 0.4) is 0 Å². The maximum atomic E-state index is 11.2. The molecule has 3 heteroatoms. The van der Waals surface area contributed by atoms with Crippen molar-refractivity contribution in [3.63, 3.8) is 0 Å². The molecule has 1 aromatic heterocycles. The van der Waals surface area contributed by atoms with E-state index in [2.05, 4.69) is 22.0 Å². The number of aromatic amines is 1. The van der Waals surface area contributed by atoms with Gasteiger partial charge in [-0.05, 0) is 55.1 Å². The number of hydrogen-bond donors (Lipinski definition) is 1. The molecule has 1 aromatic carbocycles. The van der Waals surface area contributed by atoms with Crippen molar-refractivity contribution in [2.24, 2.45) is 0 Å². The van der Waals surface area contributed by atoms with Crippen LogP contribution in [-0.2, 0) is 6.54 Å². The van der Waals surface area contributed by atoms with Crippen LogP contribution in [0.4, 0.5) is 0 Å². The average molecular weight is 242 g/mol. The van der Waals surface area contributed by atoms with Crippen LogP contribution < -0.4 is 5.56 Å². The summed E-state index contributed by atoms with van der Waals surface area (Å²) in [5.41, 5.74) is 2.22. The predicted octanol–water partition coefficient (Wildman–Crippen LogP) is 2.51. The van der Waals surface area contributed by atoms with Crippen molar-refractivity contribution in [2.45, 2.75) is 25.8 Å². The molecule has 18 heavy (non-hydrogen) atoms. The molecule has 1 aliphatic rings. The number of nitrogens with one attached hydrogen (secondary N) is 1. The van der Waals surface area contributed by atoms with E-state index in [9.17, 15) is 4.79 Å². The minimum absolute atomic E-state index is 0.0359. The lowest BCUT2D eigenvalue weighted by atomic mass is 10.1. The molecule has 0 amide bonds. The fourth-order valence-electron chi connectivity index (χ4n) is 2.68. The van der Waals surface area contributed by atoms with Gasteiger partial charge in [0.05, 0.1) is 0 Å². The standard InChI is InChI=1S/C15H18N2O/c18-15-7-5-13-10-12(4-6-14(13)16-15)11-17-8-2-1-3-9-17/h4-7,10H,1-3,8-9,11H2,(H,16,18). The Kier molecular flexibility index (Phi) is 3.15. The quantitative estimate of drug-likeness (QED) is 0.878. The zero-order valence-corrected chi connectivity index (χ0v) is 10.5. The van der Waals surface area contributed by atoms with Crippen molar-refractivity contribution in [3.05, 3.63) is 46.2 Å². The van der Waals surface area contributed by atoms with E-state index in [0.717, 1.165) is 17.4 Å². The molecule has 2 aromatic rings. The number of H-pyrrole nitrogens is 1. The van der Waals surface area contributed by atoms with Gasteiger partial charge < -0.3 is 4.98 Å². The van der Waals surface area contributed by atoms with E-state index in [1.54, 1.807) is 6.07 Å². The van der Waals surface area contributed by atoms with Gasteiger partial charge in [0.2, 0.25) is 5.56 Å². The van der Waals surface area contributed by atoms with E-state index in [-0.39, 0.29) is 5.56 Å². The monoisotopic (exact) mass is 242 g/mol. The van der Waals surface area contributed by atoms with Crippen LogP contribution in [-0.4, -0.2) is 23.0 Å². The Morgan fingerprint density at radius 1 is 1.06 bits per heavy atom. The maximum absolute atomic E-state index is 11.2. The van der Waals surface area contributed by atoms with E-state index in [1.807, 2.05) is 12.1 Å². The molecule has 2 heterocycles. The van der Waals surface area contributed by atoms with Crippen molar-refractivity contribution < 1.29 is 0 Å². The lowest BCUT2D eigenvalue weighted by Gasteiger charge is -2.26. The van der Waals surface area contributed by atoms with Gasteiger partial charge in [-0.3, -0.25) is 9.69 Å². The first kappa shape index (κ1) is 11.5. The summed E-state index contributed by atoms with van der Waals surface area (Å²) in [6.07, 6.45) is 4.01. The van der Waals surface area contributed by atoms with Crippen LogP contribution in [0.15, 0.2) is 35.1 Å². The Morgan fingerprint density at radius 3 is 2.72 bits per heavy atom. The fraction of sp³-hybridized carbons (Fsp3) is 0.400. The molecule has 0 spiro atoms. The van der Waals surface area contributed by atoms with E-state index >= 15 is 0 Å². The van der Waals surface area contributed by atoms with Gasteiger partial charge in [-0.15, -0.1) is 0 Å². The van der Waals surface area contributed by atoms with Crippen LogP contribution in [0.5, 0.6) is 0 Å². The van der Waals surface area contributed by atoms with Crippen LogP contribution in [0, 0.1) is 0 Å². The summed E-state index contributed by atoms with van der Waals surface area (Å²) in [6, 6.07) is 9.80. The molecular formula is C15H18N2O. The molecule has 1 aliphatic heterocycles. The molecule has 3 rings (SSSR count). The van der Waals surface area contributed by atoms with Gasteiger partial charge in [-0.25, -0.2) is 0 Å². The van der Waals surface area contributed by atoms with Crippen LogP contribution >= 0.6 is 0 Å². The average Bonchev–Trinajstić information content (AvgIpc) is 2.40. The SMILES string of the molecule is O=c1ccc2cc(CN3CCCCC3)ccc2[nH]1. The van der Waals surface area contributed by atoms with Crippen LogP contribution in [0.1, 0.15) is 24.8 Å². The zero-order chi connectivity index (χ0) is 12.4. The largest absolute Gasteiger partial charge is 0.322 e. The summed E-state index contributed by atoms with van der Waals surface area (Å²) < 4.78 is 0. The lowest BCUT2D eigenvalue weighted by Crippen LogP contribution is -2.29. The molecule has 0 aliphatic carbocycles. The zero-order valence-electron chi connectivity index (χ0n) is 10.5. The number of benzene rings is 1. The van der Waals surface area contributed by atoms with Gasteiger partial charge in [0, 0.05) is 18.1 Å². The second-order valence-corrected chi connectivity index (χ2v) is 5.08. The summed E-state index contributed by atoms with van der Waals surface area (Å²) in [6.45, 7) is 3.45. The second kappa shape index (κ2) is 4.94. The maximum Gasteiger partial charge on any atom is 0.248 e. The van der Waals surface area contributed by atoms with Crippen LogP contribution in [0.25, 0.3) is 10.9 Å². The number of fused-ring (bicyclic) bond motifs is 1. The highest BCUT2D eigenvalue weighted by Crippen LogP contribution is 2.16. The van der Waals surface area contributed by atoms with Gasteiger partial charge in [0.25, 0.3) is 0 Å². The first-order chi connectivity index (χ1) is 8.81. The van der Waals surface area contributed by atoms with E-state index < -0.39 is 0 Å². The van der Waals surface area contributed by atoms with Crippen molar-refractivity contribution in [2.75, 3.05) is 13.1 Å². The predicted molar refractivity (Wildman–Crippen MR) is 73.7 cm³/mol. The fourth-order valence-corrected chi connectivity index (χ4v) is 2.68. The summed E-state index contributed by atoms with van der Waals surface area (Å²) in [4.78, 5) is 16.6. The van der Waals surface area contributed by atoms with Crippen LogP contribution in [0.2, 0.25) is 0 Å². The van der Waals surface area contributed by atoms with E-state index in [1.165, 1.54) is 37.9 Å². The van der Waals surface area contributed by atoms with Gasteiger partial charge >= 0.3 is 0 Å². The molecule has 0 atom stereocenters. The van der Waals surface area contributed by atoms with Gasteiger partial charge in [-0.2, -0.15) is 0 Å². The topological polar surface area (TPSA) is 36.1 Å². The molecule has 0 unspecified atom stereocenters. The van der Waals surface area contributed by atoms with Crippen molar-refractivity contribution in [1.82, 2.24) is 9.88 Å². The molecular weight excluding hydrogens is 224 g/mol. The summed E-state index contributed by atoms with van der Waals surface area (Å²) in [7, 11) is 0. The molecule has 3 nitrogen and oxygen atoms in total. The Morgan fingerprint density at radius 2 is 1.89 bits per heavy atom. The van der Waals surface area contributed by atoms with Crippen molar-refractivity contribution in [3.8, 4) is 0 Å². The van der Waals surface area contributed by atoms with E-state index in [0.29, 0.717) is 0 Å². The van der Waals surface area contributed by atoms with Gasteiger partial charge in [-0.1, -0.05) is 12.5 Å². The third-order valence-corrected chi connectivity index (χ3v) is 3.64. The Bertz CT molecular complexity index is 597. The smallest absolute Gasteiger partial charge is 0.248 e. The Balaban J connectivity index is 1.84. The van der Waals surface area contributed by atoms with Crippen molar-refractivity contribution in [1.29, 1.82) is 0 Å². The van der Waals surface area contributed by atoms with Gasteiger partial charge in [0.15, 0.2) is 0 Å². The number of piperidine rings is 1. The number of likely N-dealkylation sites (tertiary alicyclic amines) is 1. The third kappa shape index (κ3) is 2.46. The van der Waals surface area contributed by atoms with Gasteiger partial charge in [0.1, 0.15) is 0 Å². The molecule has 0 saturated carbocycles. The number of rotatable bonds is 2.